The highest BCUT2D eigenvalue weighted by Crippen LogP contribution is 2.39. The van der Waals surface area contributed by atoms with E-state index >= 15 is 0 Å². The van der Waals surface area contributed by atoms with E-state index in [9.17, 15) is 0 Å². The van der Waals surface area contributed by atoms with Gasteiger partial charge in [-0.15, -0.1) is 22.7 Å². The molecule has 1 unspecified atom stereocenters. The van der Waals surface area contributed by atoms with Crippen molar-refractivity contribution < 1.29 is 0 Å². The van der Waals surface area contributed by atoms with Gasteiger partial charge in [0.15, 0.2) is 0 Å². The zero-order valence-electron chi connectivity index (χ0n) is 12.0. The first kappa shape index (κ1) is 14.8. The Labute approximate surface area is 137 Å². The van der Waals surface area contributed by atoms with Crippen LogP contribution in [0, 0.1) is 6.92 Å². The minimum absolute atomic E-state index is 0.349. The van der Waals surface area contributed by atoms with Crippen LogP contribution in [-0.4, -0.2) is 7.05 Å². The molecule has 2 heterocycles. The van der Waals surface area contributed by atoms with Gasteiger partial charge in [-0.25, -0.2) is 0 Å². The van der Waals surface area contributed by atoms with Gasteiger partial charge >= 0.3 is 0 Å². The predicted molar refractivity (Wildman–Crippen MR) is 93.2 cm³/mol. The second-order valence-electron chi connectivity index (χ2n) is 5.49. The normalized spacial score (nSPS) is 16.8. The number of rotatable bonds is 3. The molecule has 0 saturated carbocycles. The highest BCUT2D eigenvalue weighted by Gasteiger charge is 2.20. The lowest BCUT2D eigenvalue weighted by molar-refractivity contribution is 0.705. The van der Waals surface area contributed by atoms with E-state index in [0.29, 0.717) is 6.04 Å². The van der Waals surface area contributed by atoms with Gasteiger partial charge < -0.3 is 5.32 Å². The topological polar surface area (TPSA) is 12.0 Å². The van der Waals surface area contributed by atoms with Crippen molar-refractivity contribution in [2.24, 2.45) is 0 Å². The van der Waals surface area contributed by atoms with Crippen LogP contribution in [0.1, 0.15) is 51.1 Å². The minimum atomic E-state index is 0.349. The number of hydrogen-bond donors (Lipinski definition) is 1. The van der Waals surface area contributed by atoms with Crippen molar-refractivity contribution in [3.63, 3.8) is 0 Å². The van der Waals surface area contributed by atoms with Crippen molar-refractivity contribution >= 4 is 38.6 Å². The molecule has 2 aromatic heterocycles. The van der Waals surface area contributed by atoms with Crippen molar-refractivity contribution in [2.75, 3.05) is 7.05 Å². The Bertz CT molecular complexity index is 557. The fraction of sp³-hybridized carbons (Fsp3) is 0.500. The summed E-state index contributed by atoms with van der Waals surface area (Å²) in [5.41, 5.74) is 2.94. The number of aryl methyl sites for hydroxylation is 3. The van der Waals surface area contributed by atoms with E-state index in [2.05, 4.69) is 47.4 Å². The zero-order chi connectivity index (χ0) is 14.1. The first-order valence-electron chi connectivity index (χ1n) is 7.23. The number of halogens is 1. The average molecular weight is 370 g/mol. The number of fused-ring (bicyclic) bond motifs is 1. The Hall–Kier alpha value is -0.160. The first-order chi connectivity index (χ1) is 9.69. The van der Waals surface area contributed by atoms with Gasteiger partial charge in [0, 0.05) is 14.6 Å². The quantitative estimate of drug-likeness (QED) is 0.708. The molecule has 108 valence electrons. The zero-order valence-corrected chi connectivity index (χ0v) is 15.2. The second-order valence-corrected chi connectivity index (χ2v) is 9.06. The molecule has 1 aliphatic rings. The Morgan fingerprint density at radius 2 is 1.85 bits per heavy atom. The molecular formula is C16H20BrNS2. The highest BCUT2D eigenvalue weighted by atomic mass is 79.9. The van der Waals surface area contributed by atoms with Crippen LogP contribution in [0.15, 0.2) is 15.9 Å². The number of nitrogens with one attached hydrogen (secondary N) is 1. The van der Waals surface area contributed by atoms with Gasteiger partial charge in [-0.1, -0.05) is 6.42 Å². The molecule has 1 N–H and O–H groups in total. The van der Waals surface area contributed by atoms with Crippen molar-refractivity contribution in [3.05, 3.63) is 41.7 Å². The lowest BCUT2D eigenvalue weighted by Gasteiger charge is -2.12. The second kappa shape index (κ2) is 6.30. The van der Waals surface area contributed by atoms with Crippen LogP contribution in [0.4, 0.5) is 0 Å². The molecule has 0 spiro atoms. The van der Waals surface area contributed by atoms with Crippen LogP contribution < -0.4 is 5.32 Å². The highest BCUT2D eigenvalue weighted by molar-refractivity contribution is 9.11. The molecule has 0 aromatic carbocycles. The van der Waals surface area contributed by atoms with Gasteiger partial charge in [0.2, 0.25) is 0 Å². The summed E-state index contributed by atoms with van der Waals surface area (Å²) in [6.07, 6.45) is 6.67. The lowest BCUT2D eigenvalue weighted by Crippen LogP contribution is -2.15. The molecule has 20 heavy (non-hydrogen) atoms. The standard InChI is InChI=1S/C16H20BrNS2/c1-10-8-13(20-16(10)17)15(18-2)14-9-11-6-4-3-5-7-12(11)19-14/h8-9,15,18H,3-7H2,1-2H3. The van der Waals surface area contributed by atoms with E-state index < -0.39 is 0 Å². The lowest BCUT2D eigenvalue weighted by atomic mass is 10.1. The third-order valence-electron chi connectivity index (χ3n) is 4.00. The van der Waals surface area contributed by atoms with E-state index in [1.54, 1.807) is 10.4 Å². The van der Waals surface area contributed by atoms with Crippen LogP contribution in [0.2, 0.25) is 0 Å². The summed E-state index contributed by atoms with van der Waals surface area (Å²) in [6.45, 7) is 2.17. The predicted octanol–water partition coefficient (Wildman–Crippen LogP) is 5.46. The molecule has 1 nitrogen and oxygen atoms in total. The number of hydrogen-bond acceptors (Lipinski definition) is 3. The van der Waals surface area contributed by atoms with Gasteiger partial charge in [-0.05, 0) is 78.8 Å². The fourth-order valence-corrected chi connectivity index (χ4v) is 6.05. The van der Waals surface area contributed by atoms with Crippen molar-refractivity contribution in [2.45, 2.75) is 45.1 Å². The summed E-state index contributed by atoms with van der Waals surface area (Å²) in [6, 6.07) is 5.11. The van der Waals surface area contributed by atoms with Crippen molar-refractivity contribution in [1.29, 1.82) is 0 Å². The summed E-state index contributed by atoms with van der Waals surface area (Å²) in [5.74, 6) is 0. The Morgan fingerprint density at radius 3 is 2.55 bits per heavy atom. The Kier molecular flexibility index (Phi) is 4.65. The van der Waals surface area contributed by atoms with Crippen LogP contribution in [0.25, 0.3) is 0 Å². The average Bonchev–Trinajstić information content (AvgIpc) is 2.88. The maximum absolute atomic E-state index is 3.65. The largest absolute Gasteiger partial charge is 0.308 e. The molecule has 1 atom stereocenters. The Morgan fingerprint density at radius 1 is 1.10 bits per heavy atom. The van der Waals surface area contributed by atoms with E-state index in [-0.39, 0.29) is 0 Å². The molecule has 0 bridgehead atoms. The summed E-state index contributed by atoms with van der Waals surface area (Å²) in [5, 5.41) is 3.50. The van der Waals surface area contributed by atoms with E-state index in [1.165, 1.54) is 51.2 Å². The van der Waals surface area contributed by atoms with Gasteiger partial charge in [0.25, 0.3) is 0 Å². The molecule has 4 heteroatoms. The third-order valence-corrected chi connectivity index (χ3v) is 7.50. The van der Waals surface area contributed by atoms with Gasteiger partial charge in [0.1, 0.15) is 0 Å². The molecule has 0 amide bonds. The molecule has 0 radical (unpaired) electrons. The fourth-order valence-electron chi connectivity index (χ4n) is 2.88. The third kappa shape index (κ3) is 2.89. The molecule has 1 aliphatic carbocycles. The van der Waals surface area contributed by atoms with Crippen LogP contribution in [-0.2, 0) is 12.8 Å². The van der Waals surface area contributed by atoms with Crippen LogP contribution in [0.5, 0.6) is 0 Å². The summed E-state index contributed by atoms with van der Waals surface area (Å²) >= 11 is 7.52. The molecule has 0 fully saturated rings. The monoisotopic (exact) mass is 369 g/mol. The van der Waals surface area contributed by atoms with Crippen molar-refractivity contribution in [1.82, 2.24) is 5.32 Å². The molecular weight excluding hydrogens is 350 g/mol. The number of thiophene rings is 2. The van der Waals surface area contributed by atoms with Gasteiger partial charge in [0.05, 0.1) is 9.83 Å². The van der Waals surface area contributed by atoms with Crippen molar-refractivity contribution in [3.8, 4) is 0 Å². The van der Waals surface area contributed by atoms with E-state index in [4.69, 9.17) is 0 Å². The summed E-state index contributed by atoms with van der Waals surface area (Å²) in [4.78, 5) is 4.52. The first-order valence-corrected chi connectivity index (χ1v) is 9.66. The van der Waals surface area contributed by atoms with Crippen LogP contribution in [0.3, 0.4) is 0 Å². The maximum Gasteiger partial charge on any atom is 0.0763 e. The van der Waals surface area contributed by atoms with E-state index in [0.717, 1.165) is 0 Å². The minimum Gasteiger partial charge on any atom is -0.308 e. The summed E-state index contributed by atoms with van der Waals surface area (Å²) < 4.78 is 1.26. The molecule has 3 rings (SSSR count). The SMILES string of the molecule is CNC(c1cc(C)c(Br)s1)c1cc2c(s1)CCCCC2. The van der Waals surface area contributed by atoms with Crippen LogP contribution >= 0.6 is 38.6 Å². The van der Waals surface area contributed by atoms with Gasteiger partial charge in [-0.3, -0.25) is 0 Å². The molecule has 2 aromatic rings. The summed E-state index contributed by atoms with van der Waals surface area (Å²) in [7, 11) is 2.07. The maximum atomic E-state index is 3.65. The van der Waals surface area contributed by atoms with Gasteiger partial charge in [-0.2, -0.15) is 0 Å². The van der Waals surface area contributed by atoms with E-state index in [1.807, 2.05) is 22.7 Å². The molecule has 0 saturated heterocycles. The smallest absolute Gasteiger partial charge is 0.0763 e. The Balaban J connectivity index is 1.93. The molecule has 0 aliphatic heterocycles.